The number of benzene rings is 3. The van der Waals surface area contributed by atoms with Crippen molar-refractivity contribution in [3.63, 3.8) is 0 Å². The van der Waals surface area contributed by atoms with E-state index in [0.29, 0.717) is 18.7 Å². The molecule has 1 heterocycles. The summed E-state index contributed by atoms with van der Waals surface area (Å²) in [6, 6.07) is 24.8. The molecule has 1 saturated heterocycles. The van der Waals surface area contributed by atoms with E-state index in [0.717, 1.165) is 40.8 Å². The SMILES string of the molecule is Cc1ccccc1C(=O)O/N=C(\c1ccccc1)C1CCN(C(=O)c2ccccc2C)CC1. The van der Waals surface area contributed by atoms with Crippen LogP contribution in [0.25, 0.3) is 0 Å². The van der Waals surface area contributed by atoms with Gasteiger partial charge in [-0.25, -0.2) is 4.79 Å². The molecular weight excluding hydrogens is 412 g/mol. The Morgan fingerprint density at radius 2 is 1.33 bits per heavy atom. The molecule has 0 aromatic heterocycles. The second-order valence-electron chi connectivity index (χ2n) is 8.42. The van der Waals surface area contributed by atoms with Crippen LogP contribution in [0.2, 0.25) is 0 Å². The molecule has 0 atom stereocenters. The Kier molecular flexibility index (Phi) is 6.98. The number of carbonyl (C=O) groups excluding carboxylic acids is 2. The van der Waals surface area contributed by atoms with Crippen LogP contribution in [0.4, 0.5) is 0 Å². The fourth-order valence-corrected chi connectivity index (χ4v) is 4.25. The van der Waals surface area contributed by atoms with Gasteiger partial charge in [-0.3, -0.25) is 4.79 Å². The summed E-state index contributed by atoms with van der Waals surface area (Å²) in [6.07, 6.45) is 1.51. The second kappa shape index (κ2) is 10.3. The predicted octanol–water partition coefficient (Wildman–Crippen LogP) is 5.42. The van der Waals surface area contributed by atoms with Gasteiger partial charge in [-0.05, 0) is 55.5 Å². The number of hydrogen-bond acceptors (Lipinski definition) is 4. The van der Waals surface area contributed by atoms with Gasteiger partial charge >= 0.3 is 5.97 Å². The Morgan fingerprint density at radius 3 is 1.94 bits per heavy atom. The first-order valence-electron chi connectivity index (χ1n) is 11.3. The van der Waals surface area contributed by atoms with Crippen LogP contribution in [0, 0.1) is 19.8 Å². The summed E-state index contributed by atoms with van der Waals surface area (Å²) in [5.74, 6) is -0.303. The zero-order valence-electron chi connectivity index (χ0n) is 19.0. The first-order valence-corrected chi connectivity index (χ1v) is 11.3. The summed E-state index contributed by atoms with van der Waals surface area (Å²) in [7, 11) is 0. The Bertz CT molecular complexity index is 1160. The van der Waals surface area contributed by atoms with Crippen molar-refractivity contribution in [2.45, 2.75) is 26.7 Å². The van der Waals surface area contributed by atoms with Crippen LogP contribution in [0.5, 0.6) is 0 Å². The molecule has 3 aromatic rings. The largest absolute Gasteiger partial charge is 0.366 e. The Labute approximate surface area is 194 Å². The minimum Gasteiger partial charge on any atom is -0.339 e. The van der Waals surface area contributed by atoms with Crippen molar-refractivity contribution in [2.75, 3.05) is 13.1 Å². The van der Waals surface area contributed by atoms with Crippen LogP contribution in [-0.4, -0.2) is 35.6 Å². The third-order valence-corrected chi connectivity index (χ3v) is 6.21. The third kappa shape index (κ3) is 5.20. The number of amides is 1. The van der Waals surface area contributed by atoms with Crippen molar-refractivity contribution in [3.05, 3.63) is 107 Å². The molecule has 4 rings (SSSR count). The minimum atomic E-state index is -0.464. The lowest BCUT2D eigenvalue weighted by Gasteiger charge is -2.32. The Morgan fingerprint density at radius 1 is 0.788 bits per heavy atom. The van der Waals surface area contributed by atoms with Gasteiger partial charge in [0, 0.05) is 24.6 Å². The average Bonchev–Trinajstić information content (AvgIpc) is 2.85. The number of carbonyl (C=O) groups is 2. The lowest BCUT2D eigenvalue weighted by molar-refractivity contribution is 0.0512. The molecule has 1 amide bonds. The number of nitrogens with zero attached hydrogens (tertiary/aromatic N) is 2. The van der Waals surface area contributed by atoms with E-state index < -0.39 is 5.97 Å². The maximum absolute atomic E-state index is 13.0. The van der Waals surface area contributed by atoms with Crippen molar-refractivity contribution in [1.29, 1.82) is 0 Å². The van der Waals surface area contributed by atoms with Crippen molar-refractivity contribution in [3.8, 4) is 0 Å². The summed E-state index contributed by atoms with van der Waals surface area (Å²) in [5, 5.41) is 4.34. The molecule has 33 heavy (non-hydrogen) atoms. The number of piperidine rings is 1. The van der Waals surface area contributed by atoms with Crippen molar-refractivity contribution < 1.29 is 14.4 Å². The summed E-state index contributed by atoms with van der Waals surface area (Å²) in [4.78, 5) is 32.9. The Balaban J connectivity index is 1.50. The normalized spacial score (nSPS) is 14.7. The first-order chi connectivity index (χ1) is 16.0. The molecule has 3 aromatic carbocycles. The molecule has 0 unspecified atom stereocenters. The molecule has 1 aliphatic rings. The molecule has 5 nitrogen and oxygen atoms in total. The van der Waals surface area contributed by atoms with E-state index in [4.69, 9.17) is 4.84 Å². The van der Waals surface area contributed by atoms with Crippen LogP contribution >= 0.6 is 0 Å². The van der Waals surface area contributed by atoms with Crippen LogP contribution in [0.15, 0.2) is 84.0 Å². The number of likely N-dealkylation sites (tertiary alicyclic amines) is 1. The highest BCUT2D eigenvalue weighted by Crippen LogP contribution is 2.25. The van der Waals surface area contributed by atoms with Crippen molar-refractivity contribution in [1.82, 2.24) is 4.90 Å². The van der Waals surface area contributed by atoms with Crippen LogP contribution in [-0.2, 0) is 4.84 Å². The minimum absolute atomic E-state index is 0.0655. The number of aryl methyl sites for hydroxylation is 2. The summed E-state index contributed by atoms with van der Waals surface area (Å²) in [5.41, 5.74) is 4.77. The fraction of sp³-hybridized carbons (Fsp3) is 0.250. The van der Waals surface area contributed by atoms with E-state index in [2.05, 4.69) is 5.16 Å². The first kappa shape index (κ1) is 22.5. The van der Waals surface area contributed by atoms with E-state index in [9.17, 15) is 9.59 Å². The standard InChI is InChI=1S/C28H28N2O3/c1-20-10-6-8-14-24(20)27(31)30-18-16-23(17-19-30)26(22-12-4-3-5-13-22)29-33-28(32)25-15-9-7-11-21(25)2/h3-15,23H,16-19H2,1-2H3/b29-26+. The van der Waals surface area contributed by atoms with Gasteiger partial charge < -0.3 is 9.74 Å². The molecule has 0 N–H and O–H groups in total. The zero-order valence-corrected chi connectivity index (χ0v) is 19.0. The third-order valence-electron chi connectivity index (χ3n) is 6.21. The highest BCUT2D eigenvalue weighted by Gasteiger charge is 2.28. The molecule has 0 bridgehead atoms. The highest BCUT2D eigenvalue weighted by atomic mass is 16.7. The molecule has 168 valence electrons. The lowest BCUT2D eigenvalue weighted by Crippen LogP contribution is -2.40. The quantitative estimate of drug-likeness (QED) is 0.302. The lowest BCUT2D eigenvalue weighted by atomic mass is 9.88. The van der Waals surface area contributed by atoms with Gasteiger partial charge in [0.25, 0.3) is 5.91 Å². The highest BCUT2D eigenvalue weighted by molar-refractivity contribution is 6.03. The van der Waals surface area contributed by atoms with Crippen molar-refractivity contribution in [2.24, 2.45) is 11.1 Å². The summed E-state index contributed by atoms with van der Waals surface area (Å²) >= 11 is 0. The van der Waals surface area contributed by atoms with E-state index >= 15 is 0 Å². The predicted molar refractivity (Wildman–Crippen MR) is 129 cm³/mol. The maximum Gasteiger partial charge on any atom is 0.366 e. The van der Waals surface area contributed by atoms with E-state index in [1.807, 2.05) is 91.5 Å². The molecule has 1 aliphatic heterocycles. The van der Waals surface area contributed by atoms with Gasteiger partial charge in [0.15, 0.2) is 0 Å². The van der Waals surface area contributed by atoms with Gasteiger partial charge in [0.2, 0.25) is 0 Å². The maximum atomic E-state index is 13.0. The smallest absolute Gasteiger partial charge is 0.339 e. The van der Waals surface area contributed by atoms with Crippen LogP contribution in [0.3, 0.4) is 0 Å². The van der Waals surface area contributed by atoms with Crippen LogP contribution < -0.4 is 0 Å². The van der Waals surface area contributed by atoms with Gasteiger partial charge in [-0.15, -0.1) is 0 Å². The number of hydrogen-bond donors (Lipinski definition) is 0. The number of rotatable bonds is 5. The molecule has 0 spiro atoms. The molecule has 0 saturated carbocycles. The van der Waals surface area contributed by atoms with Gasteiger partial charge in [0.1, 0.15) is 0 Å². The molecule has 5 heteroatoms. The average molecular weight is 441 g/mol. The van der Waals surface area contributed by atoms with Gasteiger partial charge in [-0.2, -0.15) is 0 Å². The molecule has 0 aliphatic carbocycles. The fourth-order valence-electron chi connectivity index (χ4n) is 4.25. The molecule has 1 fully saturated rings. The summed E-state index contributed by atoms with van der Waals surface area (Å²) < 4.78 is 0. The van der Waals surface area contributed by atoms with Gasteiger partial charge in [0.05, 0.1) is 11.3 Å². The monoisotopic (exact) mass is 440 g/mol. The van der Waals surface area contributed by atoms with E-state index in [-0.39, 0.29) is 11.8 Å². The second-order valence-corrected chi connectivity index (χ2v) is 8.42. The summed E-state index contributed by atoms with van der Waals surface area (Å²) in [6.45, 7) is 5.10. The van der Waals surface area contributed by atoms with E-state index in [1.54, 1.807) is 6.07 Å². The topological polar surface area (TPSA) is 59.0 Å². The molecule has 0 radical (unpaired) electrons. The van der Waals surface area contributed by atoms with Crippen molar-refractivity contribution >= 4 is 17.6 Å². The van der Waals surface area contributed by atoms with Crippen LogP contribution in [0.1, 0.15) is 50.2 Å². The van der Waals surface area contributed by atoms with Gasteiger partial charge in [-0.1, -0.05) is 71.9 Å². The van der Waals surface area contributed by atoms with E-state index in [1.165, 1.54) is 0 Å². The molecular formula is C28H28N2O3. The zero-order chi connectivity index (χ0) is 23.2. The Hall–Kier alpha value is -3.73. The number of oxime groups is 1.